The van der Waals surface area contributed by atoms with E-state index in [0.29, 0.717) is 31.7 Å². The molecule has 0 radical (unpaired) electrons. The number of nitrogens with one attached hydrogen (secondary N) is 1. The Hall–Kier alpha value is -2.98. The molecule has 0 bridgehead atoms. The van der Waals surface area contributed by atoms with Crippen molar-refractivity contribution in [2.75, 3.05) is 29.9 Å². The van der Waals surface area contributed by atoms with E-state index in [2.05, 4.69) is 5.32 Å². The molecule has 3 rings (SSSR count). The summed E-state index contributed by atoms with van der Waals surface area (Å²) in [4.78, 5) is 38.1. The van der Waals surface area contributed by atoms with Crippen molar-refractivity contribution in [1.82, 2.24) is 8.87 Å². The van der Waals surface area contributed by atoms with Gasteiger partial charge in [0.25, 0.3) is 5.56 Å². The number of anilines is 2. The van der Waals surface area contributed by atoms with E-state index in [1.54, 1.807) is 43.0 Å². The lowest BCUT2D eigenvalue weighted by molar-refractivity contribution is -0.117. The van der Waals surface area contributed by atoms with E-state index >= 15 is 0 Å². The topological polar surface area (TPSA) is 109 Å². The Labute approximate surface area is 181 Å². The first kappa shape index (κ1) is 22.7. The molecule has 1 fully saturated rings. The van der Waals surface area contributed by atoms with Crippen molar-refractivity contribution in [3.05, 3.63) is 52.9 Å². The molecule has 0 unspecified atom stereocenters. The SMILES string of the molecule is CCN(CC)S(=O)(=O)c1ccc(=O)n(CC(=O)Nc2ccc(N3CCCC3=O)cc2)c1. The summed E-state index contributed by atoms with van der Waals surface area (Å²) < 4.78 is 27.7. The lowest BCUT2D eigenvalue weighted by Gasteiger charge is -2.19. The number of rotatable bonds is 8. The third kappa shape index (κ3) is 5.02. The maximum Gasteiger partial charge on any atom is 0.251 e. The zero-order valence-electron chi connectivity index (χ0n) is 17.6. The summed E-state index contributed by atoms with van der Waals surface area (Å²) in [6.07, 6.45) is 2.56. The Morgan fingerprint density at radius 3 is 2.32 bits per heavy atom. The molecule has 1 N–H and O–H groups in total. The summed E-state index contributed by atoms with van der Waals surface area (Å²) in [6.45, 7) is 4.42. The zero-order valence-corrected chi connectivity index (χ0v) is 18.4. The van der Waals surface area contributed by atoms with Crippen molar-refractivity contribution in [2.24, 2.45) is 0 Å². The average molecular weight is 447 g/mol. The van der Waals surface area contributed by atoms with Crippen LogP contribution in [0.25, 0.3) is 0 Å². The van der Waals surface area contributed by atoms with E-state index in [1.807, 2.05) is 0 Å². The molecule has 1 aliphatic heterocycles. The van der Waals surface area contributed by atoms with Crippen molar-refractivity contribution in [2.45, 2.75) is 38.1 Å². The minimum Gasteiger partial charge on any atom is -0.325 e. The van der Waals surface area contributed by atoms with Gasteiger partial charge in [-0.25, -0.2) is 8.42 Å². The van der Waals surface area contributed by atoms with Gasteiger partial charge in [-0.3, -0.25) is 14.4 Å². The second kappa shape index (κ2) is 9.44. The highest BCUT2D eigenvalue weighted by Gasteiger charge is 2.23. The quantitative estimate of drug-likeness (QED) is 0.663. The van der Waals surface area contributed by atoms with Gasteiger partial charge in [-0.2, -0.15) is 4.31 Å². The van der Waals surface area contributed by atoms with Crippen LogP contribution in [0.1, 0.15) is 26.7 Å². The van der Waals surface area contributed by atoms with Gasteiger partial charge in [-0.1, -0.05) is 13.8 Å². The second-order valence-corrected chi connectivity index (χ2v) is 9.10. The summed E-state index contributed by atoms with van der Waals surface area (Å²) in [5.41, 5.74) is 0.808. The molecule has 1 aromatic carbocycles. The van der Waals surface area contributed by atoms with Crippen LogP contribution in [0.2, 0.25) is 0 Å². The van der Waals surface area contributed by atoms with Crippen molar-refractivity contribution in [3.8, 4) is 0 Å². The van der Waals surface area contributed by atoms with E-state index in [1.165, 1.54) is 16.6 Å². The predicted octanol–water partition coefficient (Wildman–Crippen LogP) is 1.64. The summed E-state index contributed by atoms with van der Waals surface area (Å²) >= 11 is 0. The summed E-state index contributed by atoms with van der Waals surface area (Å²) in [7, 11) is -3.74. The predicted molar refractivity (Wildman–Crippen MR) is 117 cm³/mol. The Morgan fingerprint density at radius 2 is 1.74 bits per heavy atom. The van der Waals surface area contributed by atoms with E-state index in [9.17, 15) is 22.8 Å². The number of benzene rings is 1. The highest BCUT2D eigenvalue weighted by Crippen LogP contribution is 2.23. The molecule has 0 aliphatic carbocycles. The Bertz CT molecular complexity index is 1120. The van der Waals surface area contributed by atoms with Gasteiger partial charge in [0.05, 0.1) is 4.90 Å². The van der Waals surface area contributed by atoms with Crippen LogP contribution in [0, 0.1) is 0 Å². The van der Waals surface area contributed by atoms with Gasteiger partial charge in [0.1, 0.15) is 6.54 Å². The number of hydrogen-bond donors (Lipinski definition) is 1. The smallest absolute Gasteiger partial charge is 0.251 e. The molecule has 166 valence electrons. The number of nitrogens with zero attached hydrogens (tertiary/aromatic N) is 3. The van der Waals surface area contributed by atoms with Crippen molar-refractivity contribution in [1.29, 1.82) is 0 Å². The number of aromatic nitrogens is 1. The molecule has 9 nitrogen and oxygen atoms in total. The van der Waals surface area contributed by atoms with E-state index < -0.39 is 21.5 Å². The van der Waals surface area contributed by atoms with Crippen LogP contribution in [0.5, 0.6) is 0 Å². The third-order valence-electron chi connectivity index (χ3n) is 5.15. The van der Waals surface area contributed by atoms with Gasteiger partial charge in [0.15, 0.2) is 0 Å². The normalized spacial score (nSPS) is 14.3. The minimum absolute atomic E-state index is 0.0387. The molecule has 1 aliphatic rings. The Balaban J connectivity index is 1.72. The highest BCUT2D eigenvalue weighted by atomic mass is 32.2. The molecule has 2 aromatic rings. The van der Waals surface area contributed by atoms with E-state index in [0.717, 1.165) is 22.7 Å². The lowest BCUT2D eigenvalue weighted by atomic mass is 10.2. The maximum atomic E-state index is 12.7. The van der Waals surface area contributed by atoms with Crippen LogP contribution in [0.15, 0.2) is 52.3 Å². The Morgan fingerprint density at radius 1 is 1.06 bits per heavy atom. The molecule has 0 spiro atoms. The zero-order chi connectivity index (χ0) is 22.6. The summed E-state index contributed by atoms with van der Waals surface area (Å²) in [5.74, 6) is -0.389. The summed E-state index contributed by atoms with van der Waals surface area (Å²) in [5, 5.41) is 2.69. The summed E-state index contributed by atoms with van der Waals surface area (Å²) in [6, 6.07) is 9.27. The highest BCUT2D eigenvalue weighted by molar-refractivity contribution is 7.89. The maximum absolute atomic E-state index is 12.7. The average Bonchev–Trinajstić information content (AvgIpc) is 3.16. The molecule has 2 amide bonds. The largest absolute Gasteiger partial charge is 0.325 e. The fraction of sp³-hybridized carbons (Fsp3) is 0.381. The molecule has 1 saturated heterocycles. The van der Waals surface area contributed by atoms with Crippen molar-refractivity contribution >= 4 is 33.2 Å². The number of pyridine rings is 1. The monoisotopic (exact) mass is 446 g/mol. The molecule has 1 aromatic heterocycles. The van der Waals surface area contributed by atoms with Crippen molar-refractivity contribution in [3.63, 3.8) is 0 Å². The minimum atomic E-state index is -3.74. The van der Waals surface area contributed by atoms with Crippen LogP contribution in [-0.2, 0) is 26.2 Å². The first-order valence-electron chi connectivity index (χ1n) is 10.2. The molecular weight excluding hydrogens is 420 g/mol. The van der Waals surface area contributed by atoms with Gasteiger partial charge in [0.2, 0.25) is 21.8 Å². The van der Waals surface area contributed by atoms with E-state index in [4.69, 9.17) is 0 Å². The number of amides is 2. The van der Waals surface area contributed by atoms with Crippen LogP contribution in [-0.4, -0.2) is 48.7 Å². The molecule has 0 saturated carbocycles. The van der Waals surface area contributed by atoms with Crippen LogP contribution in [0.3, 0.4) is 0 Å². The molecule has 31 heavy (non-hydrogen) atoms. The number of sulfonamides is 1. The molecule has 0 atom stereocenters. The van der Waals surface area contributed by atoms with Crippen LogP contribution >= 0.6 is 0 Å². The fourth-order valence-corrected chi connectivity index (χ4v) is 4.98. The molecule has 10 heteroatoms. The van der Waals surface area contributed by atoms with Gasteiger partial charge >= 0.3 is 0 Å². The fourth-order valence-electron chi connectivity index (χ4n) is 3.50. The number of hydrogen-bond acceptors (Lipinski definition) is 5. The number of carbonyl (C=O) groups is 2. The number of carbonyl (C=O) groups excluding carboxylic acids is 2. The molecular formula is C21H26N4O5S. The molecule has 2 heterocycles. The van der Waals surface area contributed by atoms with E-state index in [-0.39, 0.29) is 17.3 Å². The standard InChI is InChI=1S/C21H26N4O5S/c1-3-24(4-2)31(29,30)18-11-12-20(27)23(14-18)15-19(26)22-16-7-9-17(10-8-16)25-13-5-6-21(25)28/h7-12,14H,3-6,13,15H2,1-2H3,(H,22,26). The van der Waals surface area contributed by atoms with Crippen LogP contribution in [0.4, 0.5) is 11.4 Å². The lowest BCUT2D eigenvalue weighted by Crippen LogP contribution is -2.33. The third-order valence-corrected chi connectivity index (χ3v) is 7.18. The first-order chi connectivity index (χ1) is 14.8. The second-order valence-electron chi connectivity index (χ2n) is 7.16. The van der Waals surface area contributed by atoms with Gasteiger partial charge in [-0.05, 0) is 36.8 Å². The van der Waals surface area contributed by atoms with Gasteiger partial charge < -0.3 is 14.8 Å². The van der Waals surface area contributed by atoms with Gasteiger partial charge in [-0.15, -0.1) is 0 Å². The van der Waals surface area contributed by atoms with Gasteiger partial charge in [0, 0.05) is 49.7 Å². The van der Waals surface area contributed by atoms with Crippen molar-refractivity contribution < 1.29 is 18.0 Å². The van der Waals surface area contributed by atoms with Crippen LogP contribution < -0.4 is 15.8 Å². The first-order valence-corrected chi connectivity index (χ1v) is 11.6. The Kier molecular flexibility index (Phi) is 6.91.